The number of aliphatic hydroxyl groups excluding tert-OH is 5. The molecule has 5 rings (SSSR count). The van der Waals surface area contributed by atoms with Gasteiger partial charge in [-0.15, -0.1) is 0 Å². The standard InChI is InChI=1S/C24H20O12/c25-8-15-19(29)21(31)22(32)24(36-15)33-11-5-13-18-14(6-11)35-23(9-1-3-10(26)4-2-9)17(20(18)30)12(27)7-16(28)34-13/h1-7,15,19,21-22,24-27,29,31-32H,8H2/t15-,19-,21+,22-,24?/m1/s1. The number of esters is 1. The molecule has 3 aromatic rings. The van der Waals surface area contributed by atoms with Crippen LogP contribution in [0.25, 0.3) is 28.1 Å². The first-order valence-corrected chi connectivity index (χ1v) is 10.7. The van der Waals surface area contributed by atoms with Gasteiger partial charge >= 0.3 is 5.97 Å². The zero-order valence-corrected chi connectivity index (χ0v) is 18.3. The molecule has 2 aromatic carbocycles. The van der Waals surface area contributed by atoms with Gasteiger partial charge in [0.2, 0.25) is 11.7 Å². The molecule has 0 radical (unpaired) electrons. The Morgan fingerprint density at radius 3 is 2.36 bits per heavy atom. The van der Waals surface area contributed by atoms with Crippen LogP contribution in [0.5, 0.6) is 17.2 Å². The monoisotopic (exact) mass is 500 g/mol. The number of benzene rings is 2. The highest BCUT2D eigenvalue weighted by Crippen LogP contribution is 2.37. The molecule has 3 heterocycles. The highest BCUT2D eigenvalue weighted by molar-refractivity contribution is 5.99. The maximum Gasteiger partial charge on any atom is 0.339 e. The van der Waals surface area contributed by atoms with E-state index in [4.69, 9.17) is 18.6 Å². The number of phenols is 1. The van der Waals surface area contributed by atoms with E-state index in [1.807, 2.05) is 0 Å². The smallest absolute Gasteiger partial charge is 0.339 e. The van der Waals surface area contributed by atoms with Gasteiger partial charge in [-0.05, 0) is 24.3 Å². The molecular weight excluding hydrogens is 480 g/mol. The molecule has 12 heteroatoms. The topological polar surface area (TPSA) is 196 Å². The van der Waals surface area contributed by atoms with Crippen molar-refractivity contribution in [3.05, 3.63) is 58.3 Å². The van der Waals surface area contributed by atoms with Crippen LogP contribution in [0.3, 0.4) is 0 Å². The summed E-state index contributed by atoms with van der Waals surface area (Å²) in [6.45, 7) is -0.672. The number of carbonyl (C=O) groups is 1. The SMILES string of the molecule is O=C1C=C(O)c2c(-c3ccc(O)cc3)oc3cc(OC4O[C@H](CO)[C@@H](O)[C@H](O)[C@H]4O)cc(c3c2=O)O1. The van der Waals surface area contributed by atoms with Gasteiger partial charge in [0.15, 0.2) is 0 Å². The van der Waals surface area contributed by atoms with Gasteiger partial charge in [0, 0.05) is 17.7 Å². The molecule has 1 saturated heterocycles. The number of aliphatic hydroxyl groups is 5. The van der Waals surface area contributed by atoms with Crippen molar-refractivity contribution in [3.8, 4) is 28.6 Å². The van der Waals surface area contributed by atoms with Gasteiger partial charge in [-0.2, -0.15) is 0 Å². The minimum atomic E-state index is -1.72. The van der Waals surface area contributed by atoms with E-state index in [2.05, 4.69) is 0 Å². The second-order valence-corrected chi connectivity index (χ2v) is 8.24. The van der Waals surface area contributed by atoms with Crippen LogP contribution < -0.4 is 14.9 Å². The predicted octanol–water partition coefficient (Wildman–Crippen LogP) is 0.162. The number of fused-ring (bicyclic) bond motifs is 1. The van der Waals surface area contributed by atoms with E-state index >= 15 is 0 Å². The molecule has 1 fully saturated rings. The lowest BCUT2D eigenvalue weighted by atomic mass is 9.99. The van der Waals surface area contributed by atoms with Crippen LogP contribution in [0, 0.1) is 0 Å². The van der Waals surface area contributed by atoms with Gasteiger partial charge in [-0.1, -0.05) is 0 Å². The molecule has 0 spiro atoms. The number of hydrogen-bond acceptors (Lipinski definition) is 12. The third kappa shape index (κ3) is 3.96. The average molecular weight is 500 g/mol. The molecule has 5 atom stereocenters. The molecule has 188 valence electrons. The van der Waals surface area contributed by atoms with Gasteiger partial charge in [0.05, 0.1) is 12.7 Å². The van der Waals surface area contributed by atoms with Gasteiger partial charge in [-0.3, -0.25) is 4.79 Å². The lowest BCUT2D eigenvalue weighted by Crippen LogP contribution is -2.60. The summed E-state index contributed by atoms with van der Waals surface area (Å²) in [6.07, 6.45) is -7.09. The van der Waals surface area contributed by atoms with Crippen molar-refractivity contribution < 1.29 is 54.1 Å². The second-order valence-electron chi connectivity index (χ2n) is 8.24. The maximum absolute atomic E-state index is 13.4. The zero-order valence-electron chi connectivity index (χ0n) is 18.3. The lowest BCUT2D eigenvalue weighted by Gasteiger charge is -2.39. The highest BCUT2D eigenvalue weighted by Gasteiger charge is 2.45. The molecular formula is C24H20O12. The van der Waals surface area contributed by atoms with Crippen molar-refractivity contribution >= 4 is 22.7 Å². The summed E-state index contributed by atoms with van der Waals surface area (Å²) in [7, 11) is 0. The minimum Gasteiger partial charge on any atom is -0.508 e. The number of hydrogen-bond donors (Lipinski definition) is 6. The predicted molar refractivity (Wildman–Crippen MR) is 120 cm³/mol. The van der Waals surface area contributed by atoms with Crippen LogP contribution in [-0.4, -0.2) is 73.9 Å². The first kappa shape index (κ1) is 23.8. The Morgan fingerprint density at radius 2 is 1.67 bits per heavy atom. The van der Waals surface area contributed by atoms with Crippen LogP contribution >= 0.6 is 0 Å². The number of ether oxygens (including phenoxy) is 3. The summed E-state index contributed by atoms with van der Waals surface area (Å²) in [5.41, 5.74) is -0.826. The Kier molecular flexibility index (Phi) is 5.90. The molecule has 0 amide bonds. The van der Waals surface area contributed by atoms with E-state index in [1.165, 1.54) is 30.3 Å². The average Bonchev–Trinajstić information content (AvgIpc) is 2.83. The normalized spacial score (nSPS) is 25.7. The van der Waals surface area contributed by atoms with E-state index in [0.29, 0.717) is 11.6 Å². The summed E-state index contributed by atoms with van der Waals surface area (Å²) in [6, 6.07) is 7.96. The first-order chi connectivity index (χ1) is 17.2. The highest BCUT2D eigenvalue weighted by atomic mass is 16.7. The largest absolute Gasteiger partial charge is 0.508 e. The summed E-state index contributed by atoms with van der Waals surface area (Å²) in [5.74, 6) is -2.21. The van der Waals surface area contributed by atoms with Gasteiger partial charge in [-0.25, -0.2) is 4.79 Å². The van der Waals surface area contributed by atoms with E-state index < -0.39 is 54.5 Å². The Bertz CT molecular complexity index is 1420. The van der Waals surface area contributed by atoms with Crippen LogP contribution in [0.1, 0.15) is 5.56 Å². The lowest BCUT2D eigenvalue weighted by molar-refractivity contribution is -0.277. The second kappa shape index (κ2) is 8.93. The fourth-order valence-corrected chi connectivity index (χ4v) is 4.08. The fraction of sp³-hybridized carbons (Fsp3) is 0.250. The zero-order chi connectivity index (χ0) is 25.7. The van der Waals surface area contributed by atoms with E-state index in [0.717, 1.165) is 6.07 Å². The first-order valence-electron chi connectivity index (χ1n) is 10.7. The molecule has 0 saturated carbocycles. The van der Waals surface area contributed by atoms with Gasteiger partial charge in [0.1, 0.15) is 69.7 Å². The molecule has 36 heavy (non-hydrogen) atoms. The van der Waals surface area contributed by atoms with Crippen LogP contribution in [0.2, 0.25) is 0 Å². The van der Waals surface area contributed by atoms with Crippen molar-refractivity contribution in [1.29, 1.82) is 0 Å². The third-order valence-electron chi connectivity index (χ3n) is 5.88. The minimum absolute atomic E-state index is 0.0506. The fourth-order valence-electron chi connectivity index (χ4n) is 4.08. The van der Waals surface area contributed by atoms with Crippen molar-refractivity contribution in [2.24, 2.45) is 0 Å². The van der Waals surface area contributed by atoms with Crippen LogP contribution in [0.4, 0.5) is 0 Å². The van der Waals surface area contributed by atoms with Crippen molar-refractivity contribution in [3.63, 3.8) is 0 Å². The Morgan fingerprint density at radius 1 is 0.944 bits per heavy atom. The summed E-state index contributed by atoms with van der Waals surface area (Å²) < 4.78 is 22.1. The molecule has 1 aromatic heterocycles. The molecule has 1 unspecified atom stereocenters. The van der Waals surface area contributed by atoms with Gasteiger partial charge < -0.3 is 49.3 Å². The van der Waals surface area contributed by atoms with E-state index in [1.54, 1.807) is 0 Å². The van der Waals surface area contributed by atoms with Crippen molar-refractivity contribution in [1.82, 2.24) is 0 Å². The molecule has 0 aliphatic carbocycles. The number of rotatable bonds is 4. The quantitative estimate of drug-likeness (QED) is 0.210. The Balaban J connectivity index is 1.66. The maximum atomic E-state index is 13.4. The molecule has 2 aliphatic heterocycles. The third-order valence-corrected chi connectivity index (χ3v) is 5.88. The van der Waals surface area contributed by atoms with E-state index in [9.17, 15) is 40.2 Å². The van der Waals surface area contributed by atoms with Crippen LogP contribution in [0.15, 0.2) is 51.7 Å². The summed E-state index contributed by atoms with van der Waals surface area (Å²) in [4.78, 5) is 25.7. The molecule has 2 aliphatic rings. The summed E-state index contributed by atoms with van der Waals surface area (Å²) >= 11 is 0. The Hall–Kier alpha value is -3.94. The van der Waals surface area contributed by atoms with Crippen molar-refractivity contribution in [2.75, 3.05) is 6.61 Å². The number of phenolic OH excluding ortho intramolecular Hbond substituents is 1. The molecule has 12 nitrogen and oxygen atoms in total. The van der Waals surface area contributed by atoms with Crippen molar-refractivity contribution in [2.45, 2.75) is 30.7 Å². The number of carbonyl (C=O) groups excluding carboxylic acids is 1. The van der Waals surface area contributed by atoms with Gasteiger partial charge in [0.25, 0.3) is 0 Å². The molecule has 2 bridgehead atoms. The molecule has 6 N–H and O–H groups in total. The van der Waals surface area contributed by atoms with E-state index in [-0.39, 0.29) is 39.5 Å². The van der Waals surface area contributed by atoms with Crippen LogP contribution in [-0.2, 0) is 9.53 Å². The Labute approximate surface area is 201 Å². The number of aromatic hydroxyl groups is 1. The summed E-state index contributed by atoms with van der Waals surface area (Å²) in [5, 5.41) is 59.6.